The first-order valence-corrected chi connectivity index (χ1v) is 7.17. The van der Waals surface area contributed by atoms with Crippen LogP contribution in [-0.4, -0.2) is 110 Å². The van der Waals surface area contributed by atoms with Crippen molar-refractivity contribution in [3.05, 3.63) is 0 Å². The summed E-state index contributed by atoms with van der Waals surface area (Å²) in [5, 5.41) is 67.6. The van der Waals surface area contributed by atoms with Crippen molar-refractivity contribution in [3.8, 4) is 0 Å². The molecule has 0 radical (unpaired) electrons. The largest absolute Gasteiger partial charge is 0.394 e. The van der Waals surface area contributed by atoms with Crippen LogP contribution in [0.3, 0.4) is 0 Å². The number of hydrogen-bond donors (Lipinski definition) is 8. The van der Waals surface area contributed by atoms with Crippen LogP contribution in [-0.2, 0) is 14.2 Å². The van der Waals surface area contributed by atoms with E-state index in [0.29, 0.717) is 0 Å². The molecule has 2 saturated heterocycles. The maximum atomic E-state index is 9.97. The lowest BCUT2D eigenvalue weighted by atomic mass is 9.97. The fourth-order valence-corrected chi connectivity index (χ4v) is 2.61. The molecule has 0 aromatic carbocycles. The van der Waals surface area contributed by atoms with Crippen LogP contribution in [0.5, 0.6) is 0 Å². The molecule has 2 rings (SSSR count). The molecule has 11 nitrogen and oxygen atoms in total. The minimum absolute atomic E-state index is 0.167. The van der Waals surface area contributed by atoms with E-state index in [2.05, 4.69) is 0 Å². The zero-order chi connectivity index (χ0) is 17.3. The molecule has 2 aliphatic rings. The van der Waals surface area contributed by atoms with Gasteiger partial charge in [0.15, 0.2) is 12.6 Å². The quantitative estimate of drug-likeness (QED) is 0.243. The second-order valence-electron chi connectivity index (χ2n) is 5.58. The van der Waals surface area contributed by atoms with Gasteiger partial charge in [0.2, 0.25) is 0 Å². The van der Waals surface area contributed by atoms with Gasteiger partial charge in [0.05, 0.1) is 6.61 Å². The van der Waals surface area contributed by atoms with Crippen LogP contribution in [0.4, 0.5) is 0 Å². The molecule has 10 atom stereocenters. The first-order valence-electron chi connectivity index (χ1n) is 7.17. The maximum Gasteiger partial charge on any atom is 0.187 e. The van der Waals surface area contributed by atoms with Gasteiger partial charge in [0, 0.05) is 6.54 Å². The molecule has 2 fully saturated rings. The molecular weight excluding hydrogens is 318 g/mol. The van der Waals surface area contributed by atoms with Crippen LogP contribution >= 0.6 is 0 Å². The average molecular weight is 341 g/mol. The molecule has 11 heteroatoms. The molecular formula is C12H23NO10. The van der Waals surface area contributed by atoms with Crippen LogP contribution in [0, 0.1) is 0 Å². The SMILES string of the molecule is NC[C@H]1O[C@@H](O[C@H]2[C@H](O)[C@@H](O)C(O)O[C@@H]2CO)[C@H](O)[C@@H](O)[C@H]1O. The third-order valence-corrected chi connectivity index (χ3v) is 4.03. The normalized spacial score (nSPS) is 51.7. The molecule has 0 saturated carbocycles. The highest BCUT2D eigenvalue weighted by Gasteiger charge is 2.49. The smallest absolute Gasteiger partial charge is 0.187 e. The first-order chi connectivity index (χ1) is 10.8. The van der Waals surface area contributed by atoms with Gasteiger partial charge < -0.3 is 55.7 Å². The summed E-state index contributed by atoms with van der Waals surface area (Å²) in [5.74, 6) is 0. The van der Waals surface area contributed by atoms with Crippen LogP contribution in [0.15, 0.2) is 0 Å². The Hall–Kier alpha value is -0.440. The number of aliphatic hydroxyl groups is 7. The van der Waals surface area contributed by atoms with Gasteiger partial charge in [-0.3, -0.25) is 0 Å². The molecule has 0 aromatic rings. The molecule has 0 aliphatic carbocycles. The molecule has 0 aromatic heterocycles. The molecule has 1 unspecified atom stereocenters. The summed E-state index contributed by atoms with van der Waals surface area (Å²) in [6, 6.07) is 0. The first kappa shape index (κ1) is 18.9. The summed E-state index contributed by atoms with van der Waals surface area (Å²) in [4.78, 5) is 0. The van der Waals surface area contributed by atoms with Gasteiger partial charge in [0.25, 0.3) is 0 Å². The van der Waals surface area contributed by atoms with E-state index >= 15 is 0 Å². The summed E-state index contributed by atoms with van der Waals surface area (Å²) in [6.07, 6.45) is -14.9. The molecule has 2 heterocycles. The molecule has 0 bridgehead atoms. The van der Waals surface area contributed by atoms with E-state index in [1.807, 2.05) is 0 Å². The number of nitrogens with two attached hydrogens (primary N) is 1. The van der Waals surface area contributed by atoms with Crippen molar-refractivity contribution in [2.75, 3.05) is 13.2 Å². The Morgan fingerprint density at radius 3 is 2.00 bits per heavy atom. The monoisotopic (exact) mass is 341 g/mol. The van der Waals surface area contributed by atoms with Gasteiger partial charge in [-0.25, -0.2) is 0 Å². The average Bonchev–Trinajstić information content (AvgIpc) is 2.55. The second-order valence-corrected chi connectivity index (χ2v) is 5.58. The third-order valence-electron chi connectivity index (χ3n) is 4.03. The summed E-state index contributed by atoms with van der Waals surface area (Å²) in [7, 11) is 0. The lowest BCUT2D eigenvalue weighted by Gasteiger charge is -2.45. The van der Waals surface area contributed by atoms with E-state index in [1.165, 1.54) is 0 Å². The van der Waals surface area contributed by atoms with Gasteiger partial charge in [-0.05, 0) is 0 Å². The number of aliphatic hydroxyl groups excluding tert-OH is 7. The van der Waals surface area contributed by atoms with Crippen molar-refractivity contribution in [3.63, 3.8) is 0 Å². The lowest BCUT2D eigenvalue weighted by molar-refractivity contribution is -0.352. The number of rotatable bonds is 4. The van der Waals surface area contributed by atoms with Crippen molar-refractivity contribution in [1.82, 2.24) is 0 Å². The maximum absolute atomic E-state index is 9.97. The van der Waals surface area contributed by atoms with E-state index in [4.69, 9.17) is 19.9 Å². The highest BCUT2D eigenvalue weighted by atomic mass is 16.7. The topological polar surface area (TPSA) is 195 Å². The molecule has 0 amide bonds. The number of hydrogen-bond acceptors (Lipinski definition) is 11. The van der Waals surface area contributed by atoms with E-state index in [9.17, 15) is 35.7 Å². The Bertz CT molecular complexity index is 383. The van der Waals surface area contributed by atoms with E-state index in [-0.39, 0.29) is 6.54 Å². The lowest BCUT2D eigenvalue weighted by Crippen LogP contribution is -2.64. The van der Waals surface area contributed by atoms with Gasteiger partial charge >= 0.3 is 0 Å². The fourth-order valence-electron chi connectivity index (χ4n) is 2.61. The molecule has 23 heavy (non-hydrogen) atoms. The van der Waals surface area contributed by atoms with Crippen LogP contribution in [0.1, 0.15) is 0 Å². The van der Waals surface area contributed by atoms with E-state index in [0.717, 1.165) is 0 Å². The van der Waals surface area contributed by atoms with Gasteiger partial charge in [-0.1, -0.05) is 0 Å². The van der Waals surface area contributed by atoms with Crippen molar-refractivity contribution >= 4 is 0 Å². The highest BCUT2D eigenvalue weighted by Crippen LogP contribution is 2.28. The molecule has 0 spiro atoms. The van der Waals surface area contributed by atoms with Gasteiger partial charge in [-0.2, -0.15) is 0 Å². The Morgan fingerprint density at radius 1 is 0.783 bits per heavy atom. The standard InChI is InChI=1S/C12H23NO10/c13-1-3-5(15)6(16)9(19)12(22-3)23-10-4(2-14)21-11(20)8(18)7(10)17/h3-12,14-20H,1-2,13H2/t3-,4-,5+,6+,7-,8-,9-,10-,11?,12+/m1/s1. The zero-order valence-electron chi connectivity index (χ0n) is 12.1. The van der Waals surface area contributed by atoms with Gasteiger partial charge in [0.1, 0.15) is 48.8 Å². The Balaban J connectivity index is 2.11. The van der Waals surface area contributed by atoms with Crippen molar-refractivity contribution in [2.45, 2.75) is 61.4 Å². The van der Waals surface area contributed by atoms with E-state index < -0.39 is 68.0 Å². The van der Waals surface area contributed by atoms with Crippen molar-refractivity contribution < 1.29 is 50.0 Å². The molecule has 9 N–H and O–H groups in total. The van der Waals surface area contributed by atoms with Crippen molar-refractivity contribution in [1.29, 1.82) is 0 Å². The van der Waals surface area contributed by atoms with Crippen molar-refractivity contribution in [2.24, 2.45) is 5.73 Å². The van der Waals surface area contributed by atoms with Crippen LogP contribution in [0.2, 0.25) is 0 Å². The number of ether oxygens (including phenoxy) is 3. The Kier molecular flexibility index (Phi) is 6.27. The summed E-state index contributed by atoms with van der Waals surface area (Å²) in [5.41, 5.74) is 5.40. The summed E-state index contributed by atoms with van der Waals surface area (Å²) in [6.45, 7) is -0.820. The third kappa shape index (κ3) is 3.65. The second kappa shape index (κ2) is 7.63. The van der Waals surface area contributed by atoms with E-state index in [1.54, 1.807) is 0 Å². The van der Waals surface area contributed by atoms with Crippen LogP contribution < -0.4 is 5.73 Å². The summed E-state index contributed by atoms with van der Waals surface area (Å²) < 4.78 is 15.5. The minimum Gasteiger partial charge on any atom is -0.394 e. The van der Waals surface area contributed by atoms with Gasteiger partial charge in [-0.15, -0.1) is 0 Å². The predicted octanol–water partition coefficient (Wildman–Crippen LogP) is -5.43. The highest BCUT2D eigenvalue weighted by molar-refractivity contribution is 4.93. The van der Waals surface area contributed by atoms with Crippen LogP contribution in [0.25, 0.3) is 0 Å². The zero-order valence-corrected chi connectivity index (χ0v) is 12.1. The minimum atomic E-state index is -1.72. The predicted molar refractivity (Wildman–Crippen MR) is 70.6 cm³/mol. The summed E-state index contributed by atoms with van der Waals surface area (Å²) >= 11 is 0. The molecule has 136 valence electrons. The Morgan fingerprint density at radius 2 is 1.43 bits per heavy atom. The fraction of sp³-hybridized carbons (Fsp3) is 1.00. The Labute approximate surface area is 131 Å². The molecule has 2 aliphatic heterocycles.